The van der Waals surface area contributed by atoms with E-state index in [4.69, 9.17) is 0 Å². The number of para-hydroxylation sites is 2. The lowest BCUT2D eigenvalue weighted by atomic mass is 9.84. The Kier molecular flexibility index (Phi) is 10.8. The molecule has 0 aliphatic rings. The summed E-state index contributed by atoms with van der Waals surface area (Å²) in [5.74, 6) is 0. The molecule has 0 aliphatic carbocycles. The third kappa shape index (κ3) is 10.5. The Hall–Kier alpha value is -4.30. The molecule has 4 aromatic carbocycles. The molecule has 43 heavy (non-hydrogen) atoms. The van der Waals surface area contributed by atoms with Crippen LogP contribution in [0.25, 0.3) is 44.3 Å². The molecule has 0 atom stereocenters. The second-order valence-corrected chi connectivity index (χ2v) is 13.5. The molecule has 0 unspecified atom stereocenters. The van der Waals surface area contributed by atoms with Gasteiger partial charge < -0.3 is 0 Å². The smallest absolute Gasteiger partial charge is 0.0709 e. The Balaban J connectivity index is 0.000000151. The van der Waals surface area contributed by atoms with Crippen molar-refractivity contribution in [1.82, 2.24) is 9.97 Å². The van der Waals surface area contributed by atoms with Crippen LogP contribution in [-0.2, 0) is 0 Å². The predicted molar refractivity (Wildman–Crippen MR) is 187 cm³/mol. The van der Waals surface area contributed by atoms with Gasteiger partial charge in [0, 0.05) is 21.9 Å². The number of hydrogen-bond donors (Lipinski definition) is 0. The molecule has 0 aliphatic heterocycles. The van der Waals surface area contributed by atoms with Crippen LogP contribution in [0.5, 0.6) is 0 Å². The molecule has 0 amide bonds. The first kappa shape index (κ1) is 31.6. The molecule has 0 saturated heterocycles. The molecule has 0 N–H and O–H groups in total. The third-order valence-electron chi connectivity index (χ3n) is 7.19. The Morgan fingerprint density at radius 2 is 0.744 bits per heavy atom. The van der Waals surface area contributed by atoms with Crippen LogP contribution in [0.2, 0.25) is 0 Å². The van der Waals surface area contributed by atoms with E-state index in [-0.39, 0.29) is 0 Å². The molecule has 0 spiro atoms. The van der Waals surface area contributed by atoms with E-state index in [1.807, 2.05) is 72.8 Å². The number of hydrogen-bond acceptors (Lipinski definition) is 2. The van der Waals surface area contributed by atoms with Gasteiger partial charge in [0.1, 0.15) is 0 Å². The van der Waals surface area contributed by atoms with Crippen molar-refractivity contribution in [2.45, 2.75) is 60.8 Å². The van der Waals surface area contributed by atoms with Crippen molar-refractivity contribution in [1.29, 1.82) is 0 Å². The number of nitrogens with zero attached hydrogens (tertiary/aromatic N) is 2. The van der Waals surface area contributed by atoms with Gasteiger partial charge in [-0.1, -0.05) is 157 Å². The summed E-state index contributed by atoms with van der Waals surface area (Å²) in [6, 6.07) is 45.2. The molecule has 6 aromatic rings. The van der Waals surface area contributed by atoms with Gasteiger partial charge in [0.05, 0.1) is 22.4 Å². The van der Waals surface area contributed by atoms with Gasteiger partial charge in [0.15, 0.2) is 0 Å². The van der Waals surface area contributed by atoms with E-state index in [0.717, 1.165) is 33.5 Å². The van der Waals surface area contributed by atoms with Crippen LogP contribution in [0, 0.1) is 10.8 Å². The molecule has 0 bridgehead atoms. The monoisotopic (exact) mass is 566 g/mol. The highest BCUT2D eigenvalue weighted by atomic mass is 14.7. The van der Waals surface area contributed by atoms with Gasteiger partial charge in [-0.2, -0.15) is 0 Å². The van der Waals surface area contributed by atoms with Crippen molar-refractivity contribution < 1.29 is 0 Å². The first-order valence-electron chi connectivity index (χ1n) is 15.4. The largest absolute Gasteiger partial charge is 0.248 e. The van der Waals surface area contributed by atoms with E-state index in [0.29, 0.717) is 10.8 Å². The van der Waals surface area contributed by atoms with E-state index in [9.17, 15) is 0 Å². The molecule has 0 radical (unpaired) electrons. The maximum Gasteiger partial charge on any atom is 0.0709 e. The minimum Gasteiger partial charge on any atom is -0.248 e. The first-order valence-corrected chi connectivity index (χ1v) is 15.4. The van der Waals surface area contributed by atoms with Gasteiger partial charge in [-0.15, -0.1) is 0 Å². The average molecular weight is 567 g/mol. The lowest BCUT2D eigenvalue weighted by Gasteiger charge is -2.22. The predicted octanol–water partition coefficient (Wildman–Crippen LogP) is 12.1. The topological polar surface area (TPSA) is 25.8 Å². The minimum absolute atomic E-state index is 0.519. The fourth-order valence-corrected chi connectivity index (χ4v) is 4.82. The zero-order valence-electron chi connectivity index (χ0n) is 26.7. The highest BCUT2D eigenvalue weighted by Gasteiger charge is 2.14. The van der Waals surface area contributed by atoms with Gasteiger partial charge >= 0.3 is 0 Å². The molecule has 2 heteroatoms. The summed E-state index contributed by atoms with van der Waals surface area (Å²) in [4.78, 5) is 9.29. The Bertz CT molecular complexity index is 1560. The van der Waals surface area contributed by atoms with E-state index < -0.39 is 0 Å². The molecule has 220 valence electrons. The molecule has 6 rings (SSSR count). The van der Waals surface area contributed by atoms with Crippen LogP contribution in [-0.4, -0.2) is 9.97 Å². The summed E-state index contributed by atoms with van der Waals surface area (Å²) in [6.45, 7) is 13.9. The molecule has 2 aromatic heterocycles. The van der Waals surface area contributed by atoms with Gasteiger partial charge in [-0.25, -0.2) is 9.97 Å². The van der Waals surface area contributed by atoms with Crippen LogP contribution in [0.1, 0.15) is 60.8 Å². The van der Waals surface area contributed by atoms with Crippen LogP contribution < -0.4 is 0 Å². The van der Waals surface area contributed by atoms with Gasteiger partial charge in [-0.3, -0.25) is 0 Å². The van der Waals surface area contributed by atoms with Crippen molar-refractivity contribution in [2.75, 3.05) is 0 Å². The van der Waals surface area contributed by atoms with Crippen molar-refractivity contribution >= 4 is 21.8 Å². The second kappa shape index (κ2) is 14.7. The first-order chi connectivity index (χ1) is 20.6. The zero-order chi connectivity index (χ0) is 30.7. The summed E-state index contributed by atoms with van der Waals surface area (Å²) in [5.41, 5.74) is 7.50. The SMILES string of the molecule is CC(C)(C)CCCC(C)(C)C.c1ccc(-c2ccc3ccccc3n2)cc1.c1ccc(-c2ccc3ccccc3n2)cc1. The average Bonchev–Trinajstić information content (AvgIpc) is 3.01. The minimum atomic E-state index is 0.519. The van der Waals surface area contributed by atoms with Crippen LogP contribution in [0.3, 0.4) is 0 Å². The molecular formula is C41H46N2. The Labute approximate surface area is 258 Å². The van der Waals surface area contributed by atoms with Crippen molar-refractivity contribution in [3.8, 4) is 22.5 Å². The lowest BCUT2D eigenvalue weighted by molar-refractivity contribution is 0.301. The fourth-order valence-electron chi connectivity index (χ4n) is 4.82. The lowest BCUT2D eigenvalue weighted by Crippen LogP contribution is -2.09. The van der Waals surface area contributed by atoms with Gasteiger partial charge in [-0.05, 0) is 47.9 Å². The van der Waals surface area contributed by atoms with Crippen molar-refractivity contribution in [3.63, 3.8) is 0 Å². The zero-order valence-corrected chi connectivity index (χ0v) is 26.7. The maximum atomic E-state index is 4.65. The summed E-state index contributed by atoms with van der Waals surface area (Å²) >= 11 is 0. The summed E-state index contributed by atoms with van der Waals surface area (Å²) in [5, 5.41) is 2.37. The van der Waals surface area contributed by atoms with Gasteiger partial charge in [0.25, 0.3) is 0 Å². The standard InChI is InChI=1S/2C15H11N.C11H24/c2*1-2-6-12(7-3-1)15-11-10-13-8-4-5-9-14(13)16-15;1-10(2,3)8-7-9-11(4,5)6/h2*1-11H;7-9H2,1-6H3. The van der Waals surface area contributed by atoms with E-state index in [1.165, 1.54) is 30.0 Å². The summed E-state index contributed by atoms with van der Waals surface area (Å²) < 4.78 is 0. The second-order valence-electron chi connectivity index (χ2n) is 13.5. The van der Waals surface area contributed by atoms with E-state index in [1.54, 1.807) is 0 Å². The summed E-state index contributed by atoms with van der Waals surface area (Å²) in [7, 11) is 0. The number of benzene rings is 4. The summed E-state index contributed by atoms with van der Waals surface area (Å²) in [6.07, 6.45) is 4.07. The highest BCUT2D eigenvalue weighted by Crippen LogP contribution is 2.28. The quantitative estimate of drug-likeness (QED) is 0.212. The normalized spacial score (nSPS) is 11.3. The molecule has 0 fully saturated rings. The Morgan fingerprint density at radius 3 is 1.12 bits per heavy atom. The molecule has 2 nitrogen and oxygen atoms in total. The Morgan fingerprint density at radius 1 is 0.395 bits per heavy atom. The number of fused-ring (bicyclic) bond motifs is 2. The number of pyridine rings is 2. The number of aromatic nitrogens is 2. The van der Waals surface area contributed by atoms with Crippen molar-refractivity contribution in [2.24, 2.45) is 10.8 Å². The molecule has 2 heterocycles. The maximum absolute atomic E-state index is 4.65. The molecular weight excluding hydrogens is 520 g/mol. The third-order valence-corrected chi connectivity index (χ3v) is 7.19. The van der Waals surface area contributed by atoms with E-state index in [2.05, 4.69) is 112 Å². The van der Waals surface area contributed by atoms with E-state index >= 15 is 0 Å². The van der Waals surface area contributed by atoms with Crippen LogP contribution in [0.15, 0.2) is 133 Å². The number of rotatable bonds is 4. The van der Waals surface area contributed by atoms with Crippen LogP contribution >= 0.6 is 0 Å². The van der Waals surface area contributed by atoms with Crippen LogP contribution in [0.4, 0.5) is 0 Å². The fraction of sp³-hybridized carbons (Fsp3) is 0.268. The molecule has 0 saturated carbocycles. The highest BCUT2D eigenvalue weighted by molar-refractivity contribution is 5.82. The van der Waals surface area contributed by atoms with Crippen molar-refractivity contribution in [3.05, 3.63) is 133 Å². The van der Waals surface area contributed by atoms with Gasteiger partial charge in [0.2, 0.25) is 0 Å².